The molecule has 5 nitrogen and oxygen atoms in total. The van der Waals surface area contributed by atoms with Crippen LogP contribution < -0.4 is 5.32 Å². The summed E-state index contributed by atoms with van der Waals surface area (Å²) in [7, 11) is 0. The third-order valence-electron chi connectivity index (χ3n) is 5.43. The van der Waals surface area contributed by atoms with Crippen molar-refractivity contribution in [3.63, 3.8) is 0 Å². The molecule has 3 aromatic rings. The van der Waals surface area contributed by atoms with Crippen LogP contribution in [0, 0.1) is 17.7 Å². The van der Waals surface area contributed by atoms with E-state index in [-0.39, 0.29) is 24.3 Å². The van der Waals surface area contributed by atoms with Crippen molar-refractivity contribution in [3.8, 4) is 11.8 Å². The van der Waals surface area contributed by atoms with E-state index in [0.29, 0.717) is 29.4 Å². The minimum Gasteiger partial charge on any atom is -0.346 e. The number of hydrogen-bond donors (Lipinski definition) is 1. The Kier molecular flexibility index (Phi) is 7.38. The van der Waals surface area contributed by atoms with E-state index >= 15 is 0 Å². The van der Waals surface area contributed by atoms with Crippen molar-refractivity contribution < 1.29 is 14.0 Å². The van der Waals surface area contributed by atoms with Crippen molar-refractivity contribution in [1.29, 1.82) is 0 Å². The molecule has 0 aliphatic carbocycles. The molecule has 33 heavy (non-hydrogen) atoms. The second-order valence-electron chi connectivity index (χ2n) is 7.67. The van der Waals surface area contributed by atoms with Crippen LogP contribution in [0.2, 0.25) is 5.02 Å². The third kappa shape index (κ3) is 5.98. The molecule has 0 spiro atoms. The van der Waals surface area contributed by atoms with Crippen LogP contribution in [0.5, 0.6) is 0 Å². The maximum absolute atomic E-state index is 13.9. The summed E-state index contributed by atoms with van der Waals surface area (Å²) in [4.78, 5) is 31.1. The van der Waals surface area contributed by atoms with Crippen LogP contribution in [0.15, 0.2) is 53.9 Å². The van der Waals surface area contributed by atoms with E-state index in [1.807, 2.05) is 30.3 Å². The Bertz CT molecular complexity index is 1210. The van der Waals surface area contributed by atoms with E-state index in [1.54, 1.807) is 22.4 Å². The summed E-state index contributed by atoms with van der Waals surface area (Å²) in [6.45, 7) is 1.26. The van der Waals surface area contributed by atoms with Gasteiger partial charge in [0, 0.05) is 53.0 Å². The number of nitrogens with zero attached hydrogens (tertiary/aromatic N) is 2. The topological polar surface area (TPSA) is 62.3 Å². The van der Waals surface area contributed by atoms with Gasteiger partial charge in [-0.05, 0) is 37.1 Å². The van der Waals surface area contributed by atoms with Gasteiger partial charge in [-0.25, -0.2) is 9.37 Å². The molecule has 0 unspecified atom stereocenters. The number of nitrogens with one attached hydrogen (secondary N) is 1. The highest BCUT2D eigenvalue weighted by Crippen LogP contribution is 2.30. The van der Waals surface area contributed by atoms with Gasteiger partial charge in [0.15, 0.2) is 0 Å². The molecule has 0 saturated carbocycles. The lowest BCUT2D eigenvalue weighted by atomic mass is 9.97. The number of hydrogen-bond acceptors (Lipinski definition) is 4. The summed E-state index contributed by atoms with van der Waals surface area (Å²) in [5.74, 6) is 4.82. The van der Waals surface area contributed by atoms with Crippen molar-refractivity contribution in [1.82, 2.24) is 15.2 Å². The molecule has 4 rings (SSSR count). The van der Waals surface area contributed by atoms with Gasteiger partial charge >= 0.3 is 0 Å². The average Bonchev–Trinajstić information content (AvgIpc) is 3.33. The van der Waals surface area contributed by atoms with Crippen LogP contribution in [-0.2, 0) is 11.3 Å². The Balaban J connectivity index is 1.29. The first-order valence-corrected chi connectivity index (χ1v) is 11.8. The molecule has 2 amide bonds. The average molecular weight is 482 g/mol. The molecule has 2 aromatic carbocycles. The zero-order valence-electron chi connectivity index (χ0n) is 17.7. The second-order valence-corrected chi connectivity index (χ2v) is 9.00. The highest BCUT2D eigenvalue weighted by atomic mass is 35.5. The van der Waals surface area contributed by atoms with Gasteiger partial charge in [0.2, 0.25) is 0 Å². The molecular weight excluding hydrogens is 461 g/mol. The van der Waals surface area contributed by atoms with Gasteiger partial charge in [0.05, 0.1) is 5.01 Å². The predicted octanol–water partition coefficient (Wildman–Crippen LogP) is 4.62. The van der Waals surface area contributed by atoms with Crippen LogP contribution in [-0.4, -0.2) is 34.8 Å². The largest absolute Gasteiger partial charge is 0.346 e. The van der Waals surface area contributed by atoms with Crippen LogP contribution >= 0.6 is 22.9 Å². The van der Waals surface area contributed by atoms with Crippen molar-refractivity contribution in [2.45, 2.75) is 25.3 Å². The second kappa shape index (κ2) is 10.6. The standard InChI is InChI=1S/C25H21ClFN3O2S/c26-20-8-7-19(21(27)14-20)15-28-24(32)22-16-33-25(29-22)18-10-12-30(13-11-18)23(31)9-6-17-4-2-1-3-5-17/h1-5,7-8,14,16,18H,10-13,15H2,(H,28,32). The van der Waals surface area contributed by atoms with E-state index in [1.165, 1.54) is 17.4 Å². The molecule has 1 saturated heterocycles. The quantitative estimate of drug-likeness (QED) is 0.553. The van der Waals surface area contributed by atoms with Crippen molar-refractivity contribution in [2.75, 3.05) is 13.1 Å². The molecule has 168 valence electrons. The lowest BCUT2D eigenvalue weighted by Crippen LogP contribution is -2.37. The Morgan fingerprint density at radius 3 is 2.67 bits per heavy atom. The maximum Gasteiger partial charge on any atom is 0.298 e. The summed E-state index contributed by atoms with van der Waals surface area (Å²) >= 11 is 7.19. The molecule has 1 N–H and O–H groups in total. The van der Waals surface area contributed by atoms with Gasteiger partial charge < -0.3 is 10.2 Å². The fourth-order valence-electron chi connectivity index (χ4n) is 3.57. The fourth-order valence-corrected chi connectivity index (χ4v) is 4.70. The minimum absolute atomic E-state index is 0.0548. The monoisotopic (exact) mass is 481 g/mol. The molecule has 1 aromatic heterocycles. The first-order valence-electron chi connectivity index (χ1n) is 10.5. The van der Waals surface area contributed by atoms with Gasteiger partial charge in [-0.1, -0.05) is 41.8 Å². The lowest BCUT2D eigenvalue weighted by molar-refractivity contribution is -0.126. The number of carbonyl (C=O) groups excluding carboxylic acids is 2. The SMILES string of the molecule is O=C(NCc1ccc(Cl)cc1F)c1csc(C2CCN(C(=O)C#Cc3ccccc3)CC2)n1. The van der Waals surface area contributed by atoms with Crippen LogP contribution in [0.25, 0.3) is 0 Å². The van der Waals surface area contributed by atoms with Gasteiger partial charge in [0.1, 0.15) is 11.5 Å². The van der Waals surface area contributed by atoms with E-state index in [4.69, 9.17) is 11.6 Å². The summed E-state index contributed by atoms with van der Waals surface area (Å²) < 4.78 is 13.9. The molecule has 0 radical (unpaired) electrons. The smallest absolute Gasteiger partial charge is 0.298 e. The molecule has 0 bridgehead atoms. The highest BCUT2D eigenvalue weighted by Gasteiger charge is 2.25. The lowest BCUT2D eigenvalue weighted by Gasteiger charge is -2.29. The van der Waals surface area contributed by atoms with E-state index < -0.39 is 5.82 Å². The van der Waals surface area contributed by atoms with E-state index in [2.05, 4.69) is 22.1 Å². The zero-order valence-corrected chi connectivity index (χ0v) is 19.3. The number of thiazole rings is 1. The predicted molar refractivity (Wildman–Crippen MR) is 127 cm³/mol. The summed E-state index contributed by atoms with van der Waals surface area (Å²) in [5.41, 5.74) is 1.49. The molecular formula is C25H21ClFN3O2S. The first kappa shape index (κ1) is 23.0. The summed E-state index contributed by atoms with van der Waals surface area (Å²) in [6.07, 6.45) is 1.53. The molecule has 0 atom stereocenters. The van der Waals surface area contributed by atoms with Gasteiger partial charge in [-0.3, -0.25) is 9.59 Å². The number of rotatable bonds is 4. The zero-order chi connectivity index (χ0) is 23.2. The Morgan fingerprint density at radius 2 is 1.94 bits per heavy atom. The number of halogens is 2. The van der Waals surface area contributed by atoms with Gasteiger partial charge in [-0.2, -0.15) is 0 Å². The molecule has 1 fully saturated rings. The summed E-state index contributed by atoms with van der Waals surface area (Å²) in [5, 5.41) is 5.59. The van der Waals surface area contributed by atoms with Gasteiger partial charge in [-0.15, -0.1) is 11.3 Å². The third-order valence-corrected chi connectivity index (χ3v) is 6.67. The number of amides is 2. The number of piperidine rings is 1. The van der Waals surface area contributed by atoms with E-state index in [0.717, 1.165) is 23.4 Å². The Morgan fingerprint density at radius 1 is 1.18 bits per heavy atom. The molecule has 1 aliphatic heterocycles. The number of carbonyl (C=O) groups is 2. The van der Waals surface area contributed by atoms with Crippen LogP contribution in [0.4, 0.5) is 4.39 Å². The number of benzene rings is 2. The maximum atomic E-state index is 13.9. The fraction of sp³-hybridized carbons (Fsp3) is 0.240. The Labute approximate surface area is 200 Å². The highest BCUT2D eigenvalue weighted by molar-refractivity contribution is 7.09. The van der Waals surface area contributed by atoms with E-state index in [9.17, 15) is 14.0 Å². The Hall–Kier alpha value is -3.21. The molecule has 2 heterocycles. The summed E-state index contributed by atoms with van der Waals surface area (Å²) in [6, 6.07) is 13.8. The van der Waals surface area contributed by atoms with Crippen molar-refractivity contribution in [3.05, 3.63) is 86.6 Å². The first-order chi connectivity index (χ1) is 16.0. The van der Waals surface area contributed by atoms with Crippen LogP contribution in [0.3, 0.4) is 0 Å². The van der Waals surface area contributed by atoms with Gasteiger partial charge in [0.25, 0.3) is 11.8 Å². The van der Waals surface area contributed by atoms with Crippen LogP contribution in [0.1, 0.15) is 45.4 Å². The minimum atomic E-state index is -0.462. The number of likely N-dealkylation sites (tertiary alicyclic amines) is 1. The van der Waals surface area contributed by atoms with Crippen molar-refractivity contribution >= 4 is 34.8 Å². The molecule has 1 aliphatic rings. The normalized spacial score (nSPS) is 13.8. The molecule has 8 heteroatoms. The number of aromatic nitrogens is 1. The van der Waals surface area contributed by atoms with Crippen molar-refractivity contribution in [2.24, 2.45) is 0 Å².